The highest BCUT2D eigenvalue weighted by Crippen LogP contribution is 2.21. The average Bonchev–Trinajstić information content (AvgIpc) is 2.74. The molecule has 0 bridgehead atoms. The molecule has 0 aromatic heterocycles. The molecule has 2 N–H and O–H groups in total. The number of benzene rings is 3. The van der Waals surface area contributed by atoms with Crippen molar-refractivity contribution < 1.29 is 19.1 Å². The number of anilines is 2. The van der Waals surface area contributed by atoms with Crippen molar-refractivity contribution in [2.24, 2.45) is 0 Å². The molecule has 3 aromatic carbocycles. The number of para-hydroxylation sites is 1. The number of nitrogens with one attached hydrogen (secondary N) is 2. The van der Waals surface area contributed by atoms with E-state index in [9.17, 15) is 14.4 Å². The largest absolute Gasteiger partial charge is 0.465 e. The van der Waals surface area contributed by atoms with E-state index in [2.05, 4.69) is 26.6 Å². The number of hydrogen-bond donors (Lipinski definition) is 2. The van der Waals surface area contributed by atoms with Crippen molar-refractivity contribution in [2.45, 2.75) is 0 Å². The first kappa shape index (κ1) is 20.3. The highest BCUT2D eigenvalue weighted by Gasteiger charge is 2.16. The number of rotatable bonds is 5. The average molecular weight is 453 g/mol. The Morgan fingerprint density at radius 3 is 2.17 bits per heavy atom. The number of hydrogen-bond acceptors (Lipinski definition) is 4. The molecule has 0 aliphatic carbocycles. The Bertz CT molecular complexity index is 1080. The van der Waals surface area contributed by atoms with E-state index < -0.39 is 11.9 Å². The summed E-state index contributed by atoms with van der Waals surface area (Å²) in [5.74, 6) is -1.26. The fourth-order valence-electron chi connectivity index (χ4n) is 2.67. The molecule has 0 aliphatic rings. The molecule has 7 heteroatoms. The van der Waals surface area contributed by atoms with Crippen molar-refractivity contribution in [1.29, 1.82) is 0 Å². The molecule has 0 saturated heterocycles. The number of ether oxygens (including phenoxy) is 1. The Labute approximate surface area is 176 Å². The first-order chi connectivity index (χ1) is 14.0. The van der Waals surface area contributed by atoms with E-state index >= 15 is 0 Å². The van der Waals surface area contributed by atoms with Crippen molar-refractivity contribution in [2.75, 3.05) is 17.7 Å². The van der Waals surface area contributed by atoms with Gasteiger partial charge in [-0.1, -0.05) is 30.3 Å². The zero-order valence-corrected chi connectivity index (χ0v) is 17.0. The highest BCUT2D eigenvalue weighted by atomic mass is 79.9. The SMILES string of the molecule is COC(=O)c1cccc(NC(=O)c2ccccc2NC(=O)c2ccccc2Br)c1. The second-order valence-corrected chi connectivity index (χ2v) is 6.86. The minimum absolute atomic E-state index is 0.288. The van der Waals surface area contributed by atoms with Gasteiger partial charge in [0.25, 0.3) is 11.8 Å². The van der Waals surface area contributed by atoms with Gasteiger partial charge >= 0.3 is 5.97 Å². The summed E-state index contributed by atoms with van der Waals surface area (Å²) in [4.78, 5) is 37.1. The Kier molecular flexibility index (Phi) is 6.41. The van der Waals surface area contributed by atoms with Crippen LogP contribution in [0.25, 0.3) is 0 Å². The molecule has 0 unspecified atom stereocenters. The molecule has 3 aromatic rings. The van der Waals surface area contributed by atoms with Crippen molar-refractivity contribution in [1.82, 2.24) is 0 Å². The van der Waals surface area contributed by atoms with Crippen LogP contribution in [0.15, 0.2) is 77.3 Å². The summed E-state index contributed by atoms with van der Waals surface area (Å²) in [7, 11) is 1.29. The molecule has 3 rings (SSSR count). The summed E-state index contributed by atoms with van der Waals surface area (Å²) in [6.07, 6.45) is 0. The number of halogens is 1. The Hall–Kier alpha value is -3.45. The number of carbonyl (C=O) groups excluding carboxylic acids is 3. The van der Waals surface area contributed by atoms with Crippen LogP contribution in [0.3, 0.4) is 0 Å². The number of carbonyl (C=O) groups is 3. The zero-order chi connectivity index (χ0) is 20.8. The molecule has 2 amide bonds. The molecule has 0 heterocycles. The van der Waals surface area contributed by atoms with Gasteiger partial charge < -0.3 is 15.4 Å². The standard InChI is InChI=1S/C22H17BrN2O4/c1-29-22(28)14-7-6-8-15(13-14)24-21(27)17-10-3-5-12-19(17)25-20(26)16-9-2-4-11-18(16)23/h2-13H,1H3,(H,24,27)(H,25,26). The number of amides is 2. The van der Waals surface area contributed by atoms with Crippen molar-refractivity contribution in [3.05, 3.63) is 94.0 Å². The topological polar surface area (TPSA) is 84.5 Å². The van der Waals surface area contributed by atoms with E-state index in [-0.39, 0.29) is 11.5 Å². The van der Waals surface area contributed by atoms with E-state index in [4.69, 9.17) is 4.74 Å². The van der Waals surface area contributed by atoms with Crippen LogP contribution in [0.5, 0.6) is 0 Å². The third-order valence-electron chi connectivity index (χ3n) is 4.08. The van der Waals surface area contributed by atoms with Gasteiger partial charge in [0.1, 0.15) is 0 Å². The Morgan fingerprint density at radius 2 is 1.45 bits per heavy atom. The lowest BCUT2D eigenvalue weighted by molar-refractivity contribution is 0.0600. The van der Waals surface area contributed by atoms with E-state index in [1.165, 1.54) is 13.2 Å². The summed E-state index contributed by atoms with van der Waals surface area (Å²) < 4.78 is 5.34. The summed E-state index contributed by atoms with van der Waals surface area (Å²) in [6.45, 7) is 0. The van der Waals surface area contributed by atoms with Crippen LogP contribution in [0.1, 0.15) is 31.1 Å². The van der Waals surface area contributed by atoms with Crippen LogP contribution < -0.4 is 10.6 Å². The van der Waals surface area contributed by atoms with Gasteiger partial charge in [-0.15, -0.1) is 0 Å². The highest BCUT2D eigenvalue weighted by molar-refractivity contribution is 9.10. The van der Waals surface area contributed by atoms with Crippen LogP contribution in [0, 0.1) is 0 Å². The van der Waals surface area contributed by atoms with Gasteiger partial charge in [-0.05, 0) is 58.4 Å². The van der Waals surface area contributed by atoms with Gasteiger partial charge in [0, 0.05) is 10.2 Å². The minimum Gasteiger partial charge on any atom is -0.465 e. The molecule has 0 spiro atoms. The fourth-order valence-corrected chi connectivity index (χ4v) is 3.13. The van der Waals surface area contributed by atoms with Gasteiger partial charge in [-0.3, -0.25) is 9.59 Å². The van der Waals surface area contributed by atoms with Gasteiger partial charge in [0.05, 0.1) is 29.5 Å². The molecule has 146 valence electrons. The van der Waals surface area contributed by atoms with Crippen molar-refractivity contribution in [3.63, 3.8) is 0 Å². The van der Waals surface area contributed by atoms with Gasteiger partial charge in [0.2, 0.25) is 0 Å². The summed E-state index contributed by atoms with van der Waals surface area (Å²) in [5, 5.41) is 5.50. The molecular formula is C22H17BrN2O4. The third-order valence-corrected chi connectivity index (χ3v) is 4.77. The summed E-state index contributed by atoms with van der Waals surface area (Å²) in [5.41, 5.74) is 1.87. The van der Waals surface area contributed by atoms with Crippen LogP contribution in [-0.4, -0.2) is 24.9 Å². The molecule has 0 fully saturated rings. The van der Waals surface area contributed by atoms with Gasteiger partial charge in [0.15, 0.2) is 0 Å². The lowest BCUT2D eigenvalue weighted by Gasteiger charge is -2.12. The molecule has 6 nitrogen and oxygen atoms in total. The lowest BCUT2D eigenvalue weighted by Crippen LogP contribution is -2.18. The molecule has 0 radical (unpaired) electrons. The Morgan fingerprint density at radius 1 is 0.793 bits per heavy atom. The van der Waals surface area contributed by atoms with E-state index in [1.807, 2.05) is 6.07 Å². The predicted octanol–water partition coefficient (Wildman–Crippen LogP) is 4.74. The molecule has 0 saturated carbocycles. The first-order valence-corrected chi connectivity index (χ1v) is 9.43. The van der Waals surface area contributed by atoms with Crippen molar-refractivity contribution in [3.8, 4) is 0 Å². The van der Waals surface area contributed by atoms with E-state index in [0.717, 1.165) is 0 Å². The molecule has 29 heavy (non-hydrogen) atoms. The molecular weight excluding hydrogens is 436 g/mol. The predicted molar refractivity (Wildman–Crippen MR) is 114 cm³/mol. The normalized spacial score (nSPS) is 10.1. The lowest BCUT2D eigenvalue weighted by atomic mass is 10.1. The van der Waals surface area contributed by atoms with Crippen LogP contribution in [0.2, 0.25) is 0 Å². The molecule has 0 atom stereocenters. The van der Waals surface area contributed by atoms with E-state index in [0.29, 0.717) is 27.0 Å². The van der Waals surface area contributed by atoms with Crippen LogP contribution in [0.4, 0.5) is 11.4 Å². The maximum atomic E-state index is 12.8. The summed E-state index contributed by atoms with van der Waals surface area (Å²) >= 11 is 3.35. The maximum absolute atomic E-state index is 12.8. The summed E-state index contributed by atoms with van der Waals surface area (Å²) in [6, 6.07) is 20.1. The monoisotopic (exact) mass is 452 g/mol. The van der Waals surface area contributed by atoms with Crippen molar-refractivity contribution >= 4 is 45.1 Å². The number of methoxy groups -OCH3 is 1. The van der Waals surface area contributed by atoms with Crippen LogP contribution in [-0.2, 0) is 4.74 Å². The number of esters is 1. The molecule has 0 aliphatic heterocycles. The first-order valence-electron chi connectivity index (χ1n) is 8.64. The second kappa shape index (κ2) is 9.16. The van der Waals surface area contributed by atoms with E-state index in [1.54, 1.807) is 60.7 Å². The maximum Gasteiger partial charge on any atom is 0.337 e. The Balaban J connectivity index is 1.81. The second-order valence-electron chi connectivity index (χ2n) is 6.01. The smallest absolute Gasteiger partial charge is 0.337 e. The third kappa shape index (κ3) is 4.89. The van der Waals surface area contributed by atoms with Gasteiger partial charge in [-0.25, -0.2) is 4.79 Å². The quantitative estimate of drug-likeness (QED) is 0.547. The van der Waals surface area contributed by atoms with Gasteiger partial charge in [-0.2, -0.15) is 0 Å². The zero-order valence-electron chi connectivity index (χ0n) is 15.4. The van der Waals surface area contributed by atoms with Crippen LogP contribution >= 0.6 is 15.9 Å². The fraction of sp³-hybridized carbons (Fsp3) is 0.0455. The minimum atomic E-state index is -0.498.